The molecule has 0 spiro atoms. The van der Waals surface area contributed by atoms with Crippen molar-refractivity contribution in [2.75, 3.05) is 40.0 Å². The van der Waals surface area contributed by atoms with Crippen LogP contribution in [0.3, 0.4) is 0 Å². The highest BCUT2D eigenvalue weighted by molar-refractivity contribution is 5.75. The summed E-state index contributed by atoms with van der Waals surface area (Å²) in [7, 11) is 1.63. The van der Waals surface area contributed by atoms with Gasteiger partial charge in [0.1, 0.15) is 19.3 Å². The largest absolute Gasteiger partial charge is 0.447 e. The molecule has 9 nitrogen and oxygen atoms in total. The summed E-state index contributed by atoms with van der Waals surface area (Å²) in [6.45, 7) is 8.73. The van der Waals surface area contributed by atoms with Gasteiger partial charge >= 0.3 is 12.2 Å². The average molecular weight is 349 g/mol. The van der Waals surface area contributed by atoms with Crippen molar-refractivity contribution in [3.63, 3.8) is 0 Å². The zero-order chi connectivity index (χ0) is 18.8. The van der Waals surface area contributed by atoms with Crippen LogP contribution in [0.2, 0.25) is 0 Å². The van der Waals surface area contributed by atoms with Gasteiger partial charge in [0.05, 0.1) is 0 Å². The summed E-state index contributed by atoms with van der Waals surface area (Å²) in [4.78, 5) is 32.2. The summed E-state index contributed by atoms with van der Waals surface area (Å²) in [5, 5.41) is 7.46. The number of hydrogen-bond acceptors (Lipinski definition) is 6. The first-order valence-corrected chi connectivity index (χ1v) is 8.08. The van der Waals surface area contributed by atoms with Crippen molar-refractivity contribution in [1.82, 2.24) is 16.0 Å². The minimum absolute atomic E-state index is 0.0408. The molecule has 0 fully saturated rings. The Morgan fingerprint density at radius 3 is 1.58 bits per heavy atom. The van der Waals surface area contributed by atoms with Crippen molar-refractivity contribution in [1.29, 1.82) is 0 Å². The average Bonchev–Trinajstić information content (AvgIpc) is 2.57. The fourth-order valence-electron chi connectivity index (χ4n) is 1.28. The summed E-state index contributed by atoms with van der Waals surface area (Å²) in [6, 6.07) is 0. The Labute approximate surface area is 143 Å². The molecule has 9 heteroatoms. The topological polar surface area (TPSA) is 115 Å². The molecule has 0 radical (unpaired) electrons. The molecular weight excluding hydrogens is 318 g/mol. The van der Waals surface area contributed by atoms with E-state index in [4.69, 9.17) is 14.2 Å². The second-order valence-electron chi connectivity index (χ2n) is 4.36. The third kappa shape index (κ3) is 16.3. The number of carbonyl (C=O) groups is 3. The first-order chi connectivity index (χ1) is 11.4. The van der Waals surface area contributed by atoms with Crippen LogP contribution in [-0.4, -0.2) is 64.2 Å². The van der Waals surface area contributed by atoms with Crippen LogP contribution in [0.1, 0.15) is 34.1 Å². The van der Waals surface area contributed by atoms with Crippen molar-refractivity contribution in [3.05, 3.63) is 0 Å². The summed E-state index contributed by atoms with van der Waals surface area (Å²) >= 11 is 0. The molecule has 0 aliphatic rings. The van der Waals surface area contributed by atoms with Gasteiger partial charge in [-0.1, -0.05) is 6.92 Å². The van der Waals surface area contributed by atoms with E-state index in [-0.39, 0.29) is 19.1 Å². The van der Waals surface area contributed by atoms with E-state index in [1.807, 2.05) is 13.8 Å². The van der Waals surface area contributed by atoms with Gasteiger partial charge in [-0.3, -0.25) is 4.79 Å². The molecule has 0 aromatic heterocycles. The summed E-state index contributed by atoms with van der Waals surface area (Å²) in [5.41, 5.74) is 0. The molecule has 3 amide bonds. The van der Waals surface area contributed by atoms with Gasteiger partial charge in [-0.15, -0.1) is 0 Å². The Hall–Kier alpha value is -2.03. The van der Waals surface area contributed by atoms with E-state index in [2.05, 4.69) is 16.0 Å². The van der Waals surface area contributed by atoms with E-state index < -0.39 is 18.3 Å². The summed E-state index contributed by atoms with van der Waals surface area (Å²) in [5.74, 6) is 0.0926. The van der Waals surface area contributed by atoms with Crippen LogP contribution in [0.25, 0.3) is 0 Å². The second kappa shape index (κ2) is 17.3. The van der Waals surface area contributed by atoms with Crippen LogP contribution in [0.15, 0.2) is 0 Å². The number of rotatable bonds is 9. The Bertz CT molecular complexity index is 324. The molecule has 0 unspecified atom stereocenters. The van der Waals surface area contributed by atoms with Crippen LogP contribution in [-0.2, 0) is 19.0 Å². The molecule has 0 atom stereocenters. The van der Waals surface area contributed by atoms with E-state index in [9.17, 15) is 14.4 Å². The van der Waals surface area contributed by atoms with Crippen LogP contribution in [0.4, 0.5) is 9.59 Å². The highest BCUT2D eigenvalue weighted by atomic mass is 16.6. The van der Waals surface area contributed by atoms with E-state index >= 15 is 0 Å². The molecule has 0 aliphatic carbocycles. The van der Waals surface area contributed by atoms with Gasteiger partial charge in [0.25, 0.3) is 0 Å². The number of nitrogens with one attached hydrogen (secondary N) is 3. The Kier molecular flexibility index (Phi) is 17.5. The predicted octanol–water partition coefficient (Wildman–Crippen LogP) is 1.03. The molecular formula is C15H31N3O6. The maximum absolute atomic E-state index is 11.1. The van der Waals surface area contributed by atoms with Crippen molar-refractivity contribution < 1.29 is 28.6 Å². The fourth-order valence-corrected chi connectivity index (χ4v) is 1.28. The molecule has 0 saturated carbocycles. The van der Waals surface area contributed by atoms with Gasteiger partial charge < -0.3 is 30.2 Å². The van der Waals surface area contributed by atoms with Crippen molar-refractivity contribution in [2.45, 2.75) is 40.2 Å². The molecule has 0 aromatic carbocycles. The zero-order valence-electron chi connectivity index (χ0n) is 15.3. The van der Waals surface area contributed by atoms with Gasteiger partial charge in [0.15, 0.2) is 0 Å². The minimum Gasteiger partial charge on any atom is -0.447 e. The molecule has 0 rings (SSSR count). The molecule has 0 aliphatic heterocycles. The lowest BCUT2D eigenvalue weighted by Gasteiger charge is -2.17. The van der Waals surface area contributed by atoms with E-state index in [0.717, 1.165) is 0 Å². The van der Waals surface area contributed by atoms with E-state index in [1.165, 1.54) is 0 Å². The predicted molar refractivity (Wildman–Crippen MR) is 89.8 cm³/mol. The first kappa shape index (κ1) is 24.2. The van der Waals surface area contributed by atoms with E-state index in [0.29, 0.717) is 26.1 Å². The first-order valence-electron chi connectivity index (χ1n) is 8.08. The summed E-state index contributed by atoms with van der Waals surface area (Å²) < 4.78 is 15.1. The quantitative estimate of drug-likeness (QED) is 0.573. The number of hydrogen-bond donors (Lipinski definition) is 3. The molecule has 24 heavy (non-hydrogen) atoms. The monoisotopic (exact) mass is 349 g/mol. The third-order valence-electron chi connectivity index (χ3n) is 2.45. The highest BCUT2D eigenvalue weighted by Gasteiger charge is 2.14. The van der Waals surface area contributed by atoms with Gasteiger partial charge in [-0.2, -0.15) is 0 Å². The zero-order valence-corrected chi connectivity index (χ0v) is 15.3. The molecule has 0 heterocycles. The Morgan fingerprint density at radius 2 is 1.33 bits per heavy atom. The molecule has 0 saturated heterocycles. The number of alkyl carbamates (subject to hydrolysis) is 2. The smallest absolute Gasteiger partial charge is 0.407 e. The van der Waals surface area contributed by atoms with Gasteiger partial charge in [-0.05, 0) is 20.8 Å². The lowest BCUT2D eigenvalue weighted by Crippen LogP contribution is -2.34. The fraction of sp³-hybridized carbons (Fsp3) is 0.800. The maximum Gasteiger partial charge on any atom is 0.407 e. The number of ether oxygens (including phenoxy) is 3. The van der Waals surface area contributed by atoms with Crippen molar-refractivity contribution >= 4 is 18.1 Å². The molecule has 0 aromatic rings. The van der Waals surface area contributed by atoms with Crippen LogP contribution < -0.4 is 16.0 Å². The molecule has 3 N–H and O–H groups in total. The Balaban J connectivity index is 0. The molecule has 142 valence electrons. The third-order valence-corrected chi connectivity index (χ3v) is 2.45. The minimum atomic E-state index is -0.514. The van der Waals surface area contributed by atoms with Gasteiger partial charge in [-0.25, -0.2) is 9.59 Å². The second-order valence-corrected chi connectivity index (χ2v) is 4.36. The maximum atomic E-state index is 11.1. The standard InChI is InChI=1S/C11H22N2O5.C4H9NO/c1-4-12-10(14)17-7-9(16-6-3)8-18-11(15)13-5-2;1-3-4(6)5-2/h9H,4-8H2,1-3H3,(H,12,14)(H,13,15);3H2,1-2H3,(H,5,6). The molecule has 0 bridgehead atoms. The van der Waals surface area contributed by atoms with Gasteiger partial charge in [0, 0.05) is 33.2 Å². The summed E-state index contributed by atoms with van der Waals surface area (Å²) in [6.07, 6.45) is -0.906. The van der Waals surface area contributed by atoms with Crippen molar-refractivity contribution in [3.8, 4) is 0 Å². The highest BCUT2D eigenvalue weighted by Crippen LogP contribution is 1.96. The SMILES string of the molecule is CCC(=O)NC.CCNC(=O)OCC(COC(=O)NCC)OCC. The van der Waals surface area contributed by atoms with Crippen LogP contribution in [0.5, 0.6) is 0 Å². The lowest BCUT2D eigenvalue weighted by atomic mass is 10.4. The number of amides is 3. The normalized spacial score (nSPS) is 9.42. The Morgan fingerprint density at radius 1 is 0.875 bits per heavy atom. The van der Waals surface area contributed by atoms with Crippen LogP contribution in [0, 0.1) is 0 Å². The van der Waals surface area contributed by atoms with Gasteiger partial charge in [0.2, 0.25) is 5.91 Å². The van der Waals surface area contributed by atoms with Crippen LogP contribution >= 0.6 is 0 Å². The van der Waals surface area contributed by atoms with E-state index in [1.54, 1.807) is 20.9 Å². The van der Waals surface area contributed by atoms with Crippen molar-refractivity contribution in [2.24, 2.45) is 0 Å². The number of carbonyl (C=O) groups excluding carboxylic acids is 3. The lowest BCUT2D eigenvalue weighted by molar-refractivity contribution is -0.120.